The van der Waals surface area contributed by atoms with Gasteiger partial charge in [0.1, 0.15) is 0 Å². The minimum atomic E-state index is -0.579. The number of benzene rings is 1. The lowest BCUT2D eigenvalue weighted by Crippen LogP contribution is -2.00. The van der Waals surface area contributed by atoms with Crippen LogP contribution >= 0.6 is 0 Å². The summed E-state index contributed by atoms with van der Waals surface area (Å²) >= 11 is 0. The second-order valence-corrected chi connectivity index (χ2v) is 3.54. The second kappa shape index (κ2) is 5.83. The number of azide groups is 1. The molecule has 1 atom stereocenters. The van der Waals surface area contributed by atoms with Crippen molar-refractivity contribution in [3.8, 4) is 0 Å². The van der Waals surface area contributed by atoms with Crippen LogP contribution in [0.3, 0.4) is 0 Å². The topological polar surface area (TPSA) is 112 Å². The smallest absolute Gasteiger partial charge is 0.272 e. The van der Waals surface area contributed by atoms with E-state index in [4.69, 9.17) is 10.6 Å². The van der Waals surface area contributed by atoms with Crippen LogP contribution in [-0.4, -0.2) is 16.6 Å². The van der Waals surface area contributed by atoms with Crippen LogP contribution in [0, 0.1) is 17.0 Å². The average Bonchev–Trinajstić information content (AvgIpc) is 2.29. The van der Waals surface area contributed by atoms with Crippen LogP contribution in [0.2, 0.25) is 0 Å². The minimum Gasteiger partial charge on any atom is -0.396 e. The van der Waals surface area contributed by atoms with E-state index < -0.39 is 11.0 Å². The van der Waals surface area contributed by atoms with E-state index in [1.807, 2.05) is 0 Å². The fourth-order valence-corrected chi connectivity index (χ4v) is 1.51. The van der Waals surface area contributed by atoms with Crippen molar-refractivity contribution in [1.82, 2.24) is 0 Å². The first-order valence-electron chi connectivity index (χ1n) is 5.00. The molecule has 0 aliphatic rings. The number of rotatable bonds is 5. The van der Waals surface area contributed by atoms with Gasteiger partial charge in [0.15, 0.2) is 0 Å². The summed E-state index contributed by atoms with van der Waals surface area (Å²) in [7, 11) is 0. The largest absolute Gasteiger partial charge is 0.396 e. The van der Waals surface area contributed by atoms with Gasteiger partial charge in [0.05, 0.1) is 11.0 Å². The Balaban J connectivity index is 3.16. The fraction of sp³-hybridized carbons (Fsp3) is 0.400. The Morgan fingerprint density at radius 2 is 2.35 bits per heavy atom. The first-order valence-corrected chi connectivity index (χ1v) is 5.00. The molecule has 0 aliphatic heterocycles. The fourth-order valence-electron chi connectivity index (χ4n) is 1.51. The standard InChI is InChI=1S/C10H12N4O3/c1-7-2-3-8(6-10(7)14(16)17)9(4-5-15)12-13-11/h2-3,6,9,15H,4-5H2,1H3. The summed E-state index contributed by atoms with van der Waals surface area (Å²) in [4.78, 5) is 13.0. The lowest BCUT2D eigenvalue weighted by Gasteiger charge is -2.10. The number of nitrogens with zero attached hydrogens (tertiary/aromatic N) is 4. The predicted octanol–water partition coefficient (Wildman–Crippen LogP) is 2.64. The highest BCUT2D eigenvalue weighted by atomic mass is 16.6. The van der Waals surface area contributed by atoms with E-state index >= 15 is 0 Å². The first kappa shape index (κ1) is 13.0. The van der Waals surface area contributed by atoms with Gasteiger partial charge >= 0.3 is 0 Å². The van der Waals surface area contributed by atoms with Crippen LogP contribution in [-0.2, 0) is 0 Å². The average molecular weight is 236 g/mol. The Morgan fingerprint density at radius 1 is 1.65 bits per heavy atom. The molecule has 0 fully saturated rings. The van der Waals surface area contributed by atoms with Crippen LogP contribution in [0.1, 0.15) is 23.6 Å². The zero-order valence-electron chi connectivity index (χ0n) is 9.28. The summed E-state index contributed by atoms with van der Waals surface area (Å²) in [6, 6.07) is 4.07. The van der Waals surface area contributed by atoms with Crippen molar-refractivity contribution in [3.05, 3.63) is 49.9 Å². The SMILES string of the molecule is Cc1ccc(C(CCO)N=[N+]=[N-])cc1[N+](=O)[O-]. The summed E-state index contributed by atoms with van der Waals surface area (Å²) in [6.07, 6.45) is 0.240. The predicted molar refractivity (Wildman–Crippen MR) is 61.4 cm³/mol. The van der Waals surface area contributed by atoms with Gasteiger partial charge in [0.25, 0.3) is 5.69 Å². The Morgan fingerprint density at radius 3 is 2.88 bits per heavy atom. The van der Waals surface area contributed by atoms with Crippen LogP contribution < -0.4 is 0 Å². The molecule has 0 spiro atoms. The molecule has 0 heterocycles. The molecule has 0 amide bonds. The molecule has 1 aromatic rings. The second-order valence-electron chi connectivity index (χ2n) is 3.54. The van der Waals surface area contributed by atoms with Gasteiger partial charge in [0.2, 0.25) is 0 Å². The lowest BCUT2D eigenvalue weighted by molar-refractivity contribution is -0.385. The Bertz CT molecular complexity index is 469. The van der Waals surface area contributed by atoms with E-state index in [0.717, 1.165) is 0 Å². The van der Waals surface area contributed by atoms with E-state index in [-0.39, 0.29) is 18.7 Å². The Hall–Kier alpha value is -2.11. The van der Waals surface area contributed by atoms with Gasteiger partial charge in [-0.25, -0.2) is 0 Å². The summed E-state index contributed by atoms with van der Waals surface area (Å²) in [5, 5.41) is 23.1. The molecule has 0 saturated carbocycles. The van der Waals surface area contributed by atoms with Crippen molar-refractivity contribution < 1.29 is 10.0 Å². The maximum absolute atomic E-state index is 10.8. The summed E-state index contributed by atoms with van der Waals surface area (Å²) in [5.41, 5.74) is 9.47. The molecule has 0 radical (unpaired) electrons. The van der Waals surface area contributed by atoms with Crippen LogP contribution in [0.4, 0.5) is 5.69 Å². The van der Waals surface area contributed by atoms with Gasteiger partial charge in [0, 0.05) is 23.1 Å². The van der Waals surface area contributed by atoms with Crippen molar-refractivity contribution in [2.24, 2.45) is 5.11 Å². The first-order chi connectivity index (χ1) is 8.10. The maximum Gasteiger partial charge on any atom is 0.272 e. The van der Waals surface area contributed by atoms with E-state index in [9.17, 15) is 10.1 Å². The number of nitro benzene ring substituents is 1. The number of nitro groups is 1. The van der Waals surface area contributed by atoms with Gasteiger partial charge in [-0.1, -0.05) is 17.2 Å². The number of hydrogen-bond acceptors (Lipinski definition) is 4. The molecule has 1 rings (SSSR count). The zero-order chi connectivity index (χ0) is 12.8. The van der Waals surface area contributed by atoms with E-state index in [0.29, 0.717) is 11.1 Å². The van der Waals surface area contributed by atoms with Crippen molar-refractivity contribution in [2.75, 3.05) is 6.61 Å². The van der Waals surface area contributed by atoms with Crippen molar-refractivity contribution in [2.45, 2.75) is 19.4 Å². The third-order valence-electron chi connectivity index (χ3n) is 2.41. The molecule has 0 saturated heterocycles. The third kappa shape index (κ3) is 3.17. The molecule has 0 bridgehead atoms. The van der Waals surface area contributed by atoms with Crippen molar-refractivity contribution in [3.63, 3.8) is 0 Å². The highest BCUT2D eigenvalue weighted by Crippen LogP contribution is 2.27. The molecule has 7 heteroatoms. The molecule has 17 heavy (non-hydrogen) atoms. The number of aryl methyl sites for hydroxylation is 1. The molecule has 90 valence electrons. The Kier molecular flexibility index (Phi) is 4.45. The highest BCUT2D eigenvalue weighted by molar-refractivity contribution is 5.43. The number of aliphatic hydroxyl groups is 1. The molecule has 1 unspecified atom stereocenters. The summed E-state index contributed by atoms with van der Waals surface area (Å²) in [6.45, 7) is 1.49. The van der Waals surface area contributed by atoms with Gasteiger partial charge in [-0.15, -0.1) is 0 Å². The molecular formula is C10H12N4O3. The normalized spacial score (nSPS) is 11.6. The van der Waals surface area contributed by atoms with E-state index in [1.165, 1.54) is 6.07 Å². The monoisotopic (exact) mass is 236 g/mol. The van der Waals surface area contributed by atoms with Gasteiger partial charge in [-0.2, -0.15) is 0 Å². The maximum atomic E-state index is 10.8. The minimum absolute atomic E-state index is 0.0152. The third-order valence-corrected chi connectivity index (χ3v) is 2.41. The molecule has 0 aliphatic carbocycles. The molecule has 1 N–H and O–H groups in total. The van der Waals surface area contributed by atoms with Gasteiger partial charge in [-0.05, 0) is 24.4 Å². The molecule has 7 nitrogen and oxygen atoms in total. The lowest BCUT2D eigenvalue weighted by atomic mass is 10.0. The summed E-state index contributed by atoms with van der Waals surface area (Å²) in [5.74, 6) is 0. The van der Waals surface area contributed by atoms with Gasteiger partial charge < -0.3 is 5.11 Å². The highest BCUT2D eigenvalue weighted by Gasteiger charge is 2.15. The van der Waals surface area contributed by atoms with Crippen molar-refractivity contribution >= 4 is 5.69 Å². The number of aliphatic hydroxyl groups excluding tert-OH is 1. The summed E-state index contributed by atoms with van der Waals surface area (Å²) < 4.78 is 0. The van der Waals surface area contributed by atoms with Crippen molar-refractivity contribution in [1.29, 1.82) is 0 Å². The Labute approximate surface area is 97.5 Å². The molecule has 1 aromatic carbocycles. The quantitative estimate of drug-likeness (QED) is 0.278. The van der Waals surface area contributed by atoms with Crippen LogP contribution in [0.15, 0.2) is 23.3 Å². The molecule has 0 aromatic heterocycles. The van der Waals surface area contributed by atoms with Crippen LogP contribution in [0.5, 0.6) is 0 Å². The van der Waals surface area contributed by atoms with Gasteiger partial charge in [-0.3, -0.25) is 10.1 Å². The van der Waals surface area contributed by atoms with E-state index in [2.05, 4.69) is 10.0 Å². The zero-order valence-corrected chi connectivity index (χ0v) is 9.28. The number of hydrogen-bond donors (Lipinski definition) is 1. The van der Waals surface area contributed by atoms with E-state index in [1.54, 1.807) is 19.1 Å². The molecular weight excluding hydrogens is 224 g/mol. The van der Waals surface area contributed by atoms with Crippen LogP contribution in [0.25, 0.3) is 10.4 Å².